The number of nitrogens with one attached hydrogen (secondary N) is 3. The molecule has 3 N–H and O–H groups in total. The van der Waals surface area contributed by atoms with Crippen LogP contribution >= 0.6 is 0 Å². The fourth-order valence-electron chi connectivity index (χ4n) is 2.16. The van der Waals surface area contributed by atoms with Gasteiger partial charge in [-0.15, -0.1) is 0 Å². The Labute approximate surface area is 167 Å². The summed E-state index contributed by atoms with van der Waals surface area (Å²) < 4.78 is 4.81. The van der Waals surface area contributed by atoms with Crippen LogP contribution in [0.2, 0.25) is 0 Å². The molecule has 150 valence electrons. The number of hydrogen-bond donors (Lipinski definition) is 3. The molecule has 2 rings (SSSR count). The fraction of sp³-hybridized carbons (Fsp3) is 0.143. The van der Waals surface area contributed by atoms with Crippen molar-refractivity contribution in [1.29, 1.82) is 0 Å². The molecule has 1 atom stereocenters. The van der Waals surface area contributed by atoms with Gasteiger partial charge in [0.1, 0.15) is 6.04 Å². The van der Waals surface area contributed by atoms with Gasteiger partial charge in [0.05, 0.1) is 0 Å². The maximum Gasteiger partial charge on any atom is 0.328 e. The second-order valence-electron chi connectivity index (χ2n) is 5.95. The number of benzene rings is 2. The Morgan fingerprint density at radius 1 is 0.966 bits per heavy atom. The van der Waals surface area contributed by atoms with E-state index in [4.69, 9.17) is 4.74 Å². The third-order valence-corrected chi connectivity index (χ3v) is 3.57. The van der Waals surface area contributed by atoms with E-state index in [0.717, 1.165) is 5.56 Å². The Bertz CT molecular complexity index is 882. The summed E-state index contributed by atoms with van der Waals surface area (Å²) in [5.41, 5.74) is 1.35. The molecular weight excluding hydrogens is 374 g/mol. The Hall–Kier alpha value is -3.94. The first-order valence-electron chi connectivity index (χ1n) is 8.80. The first-order valence-corrected chi connectivity index (χ1v) is 8.80. The number of para-hydroxylation sites is 1. The van der Waals surface area contributed by atoms with E-state index in [-0.39, 0.29) is 0 Å². The van der Waals surface area contributed by atoms with Crippen molar-refractivity contribution < 1.29 is 23.9 Å². The summed E-state index contributed by atoms with van der Waals surface area (Å²) in [7, 11) is 0. The highest BCUT2D eigenvalue weighted by molar-refractivity contribution is 6.02. The van der Waals surface area contributed by atoms with Gasteiger partial charge in [-0.05, 0) is 30.7 Å². The Morgan fingerprint density at radius 2 is 1.59 bits per heavy atom. The first kappa shape index (κ1) is 21.4. The van der Waals surface area contributed by atoms with Crippen LogP contribution in [0.5, 0.6) is 0 Å². The molecular formula is C21H21N3O5. The van der Waals surface area contributed by atoms with Crippen LogP contribution in [0.3, 0.4) is 0 Å². The smallest absolute Gasteiger partial charge is 0.328 e. The van der Waals surface area contributed by atoms with Crippen LogP contribution < -0.4 is 16.0 Å². The Morgan fingerprint density at radius 3 is 2.24 bits per heavy atom. The van der Waals surface area contributed by atoms with Gasteiger partial charge in [-0.2, -0.15) is 0 Å². The second kappa shape index (κ2) is 11.0. The highest BCUT2D eigenvalue weighted by atomic mass is 16.5. The molecule has 0 fully saturated rings. The molecule has 8 heteroatoms. The molecule has 0 aliphatic heterocycles. The van der Waals surface area contributed by atoms with Gasteiger partial charge < -0.3 is 15.4 Å². The summed E-state index contributed by atoms with van der Waals surface area (Å²) in [6.45, 7) is 0.776. The van der Waals surface area contributed by atoms with Crippen LogP contribution in [-0.2, 0) is 19.1 Å². The van der Waals surface area contributed by atoms with Crippen molar-refractivity contribution in [3.8, 4) is 0 Å². The monoisotopic (exact) mass is 395 g/mol. The number of imide groups is 1. The molecule has 2 aromatic rings. The zero-order chi connectivity index (χ0) is 21.1. The SMILES string of the molecule is C[C@H](NC(=O)/C=C/c1ccccc1)C(=O)OCC(=O)NC(=O)Nc1ccccc1. The van der Waals surface area contributed by atoms with Gasteiger partial charge in [0.25, 0.3) is 5.91 Å². The molecule has 0 aliphatic rings. The van der Waals surface area contributed by atoms with Gasteiger partial charge in [-0.25, -0.2) is 9.59 Å². The Kier molecular flexibility index (Phi) is 8.12. The van der Waals surface area contributed by atoms with Crippen LogP contribution in [0.4, 0.5) is 10.5 Å². The summed E-state index contributed by atoms with van der Waals surface area (Å²) in [5.74, 6) is -2.08. The van der Waals surface area contributed by atoms with Crippen molar-refractivity contribution in [3.05, 3.63) is 72.3 Å². The lowest BCUT2D eigenvalue weighted by Crippen LogP contribution is -2.41. The lowest BCUT2D eigenvalue weighted by atomic mass is 10.2. The number of ether oxygens (including phenoxy) is 1. The van der Waals surface area contributed by atoms with E-state index in [1.165, 1.54) is 13.0 Å². The summed E-state index contributed by atoms with van der Waals surface area (Å²) in [6.07, 6.45) is 2.89. The number of anilines is 1. The van der Waals surface area contributed by atoms with Gasteiger partial charge in [-0.1, -0.05) is 48.5 Å². The third kappa shape index (κ3) is 8.08. The first-order chi connectivity index (χ1) is 13.9. The summed E-state index contributed by atoms with van der Waals surface area (Å²) in [4.78, 5) is 47.1. The zero-order valence-electron chi connectivity index (χ0n) is 15.8. The summed E-state index contributed by atoms with van der Waals surface area (Å²) >= 11 is 0. The van der Waals surface area contributed by atoms with E-state index < -0.39 is 36.5 Å². The van der Waals surface area contributed by atoms with Gasteiger partial charge >= 0.3 is 12.0 Å². The average molecular weight is 395 g/mol. The van der Waals surface area contributed by atoms with Crippen LogP contribution in [0.25, 0.3) is 6.08 Å². The summed E-state index contributed by atoms with van der Waals surface area (Å²) in [6, 6.07) is 16.0. The lowest BCUT2D eigenvalue weighted by molar-refractivity contribution is -0.150. The van der Waals surface area contributed by atoms with Crippen LogP contribution in [0.1, 0.15) is 12.5 Å². The van der Waals surface area contributed by atoms with Crippen LogP contribution in [0.15, 0.2) is 66.7 Å². The van der Waals surface area contributed by atoms with Crippen molar-refractivity contribution in [3.63, 3.8) is 0 Å². The molecule has 4 amide bonds. The highest BCUT2D eigenvalue weighted by Crippen LogP contribution is 2.04. The fourth-order valence-corrected chi connectivity index (χ4v) is 2.16. The molecule has 2 aromatic carbocycles. The van der Waals surface area contributed by atoms with Crippen molar-refractivity contribution in [1.82, 2.24) is 10.6 Å². The number of carbonyl (C=O) groups is 4. The summed E-state index contributed by atoms with van der Waals surface area (Å²) in [5, 5.41) is 6.93. The predicted octanol–water partition coefficient (Wildman–Crippen LogP) is 2.10. The van der Waals surface area contributed by atoms with Crippen molar-refractivity contribution in [2.45, 2.75) is 13.0 Å². The molecule has 29 heavy (non-hydrogen) atoms. The van der Waals surface area contributed by atoms with E-state index in [1.54, 1.807) is 36.4 Å². The normalized spacial score (nSPS) is 11.3. The number of rotatable bonds is 7. The van der Waals surface area contributed by atoms with Crippen molar-refractivity contribution >= 4 is 35.6 Å². The minimum Gasteiger partial charge on any atom is -0.454 e. The van der Waals surface area contributed by atoms with E-state index in [2.05, 4.69) is 10.6 Å². The average Bonchev–Trinajstić information content (AvgIpc) is 2.71. The van der Waals surface area contributed by atoms with E-state index >= 15 is 0 Å². The van der Waals surface area contributed by atoms with Crippen molar-refractivity contribution in [2.75, 3.05) is 11.9 Å². The molecule has 0 saturated carbocycles. The number of urea groups is 1. The topological polar surface area (TPSA) is 114 Å². The van der Waals surface area contributed by atoms with Crippen LogP contribution in [0, 0.1) is 0 Å². The minimum absolute atomic E-state index is 0.481. The highest BCUT2D eigenvalue weighted by Gasteiger charge is 2.18. The molecule has 0 heterocycles. The third-order valence-electron chi connectivity index (χ3n) is 3.57. The number of esters is 1. The predicted molar refractivity (Wildman–Crippen MR) is 108 cm³/mol. The van der Waals surface area contributed by atoms with Gasteiger partial charge in [0.15, 0.2) is 6.61 Å². The standard InChI is InChI=1S/C21H21N3O5/c1-15(22-18(25)13-12-16-8-4-2-5-9-16)20(27)29-14-19(26)24-21(28)23-17-10-6-3-7-11-17/h2-13,15H,14H2,1H3,(H,22,25)(H2,23,24,26,28)/b13-12+/t15-/m0/s1. The van der Waals surface area contributed by atoms with Crippen LogP contribution in [-0.4, -0.2) is 36.5 Å². The maximum absolute atomic E-state index is 11.9. The van der Waals surface area contributed by atoms with Crippen molar-refractivity contribution in [2.24, 2.45) is 0 Å². The molecule has 0 aromatic heterocycles. The van der Waals surface area contributed by atoms with E-state index in [1.807, 2.05) is 35.6 Å². The molecule has 0 aliphatic carbocycles. The number of hydrogen-bond acceptors (Lipinski definition) is 5. The van der Waals surface area contributed by atoms with Gasteiger partial charge in [0.2, 0.25) is 5.91 Å². The number of amides is 4. The van der Waals surface area contributed by atoms with E-state index in [9.17, 15) is 19.2 Å². The quantitative estimate of drug-likeness (QED) is 0.491. The van der Waals surface area contributed by atoms with Gasteiger partial charge in [-0.3, -0.25) is 14.9 Å². The molecule has 0 saturated heterocycles. The lowest BCUT2D eigenvalue weighted by Gasteiger charge is -2.12. The molecule has 0 bridgehead atoms. The zero-order valence-corrected chi connectivity index (χ0v) is 15.8. The molecule has 0 unspecified atom stereocenters. The molecule has 8 nitrogen and oxygen atoms in total. The minimum atomic E-state index is -0.964. The number of carbonyl (C=O) groups excluding carboxylic acids is 4. The second-order valence-corrected chi connectivity index (χ2v) is 5.95. The molecule has 0 spiro atoms. The van der Waals surface area contributed by atoms with Gasteiger partial charge in [0, 0.05) is 11.8 Å². The largest absolute Gasteiger partial charge is 0.454 e. The Balaban J connectivity index is 1.70. The van der Waals surface area contributed by atoms with E-state index in [0.29, 0.717) is 5.69 Å². The molecule has 0 radical (unpaired) electrons. The maximum atomic E-state index is 11.9.